The number of amides is 1. The zero-order valence-corrected chi connectivity index (χ0v) is 11.0. The molecule has 0 spiro atoms. The first-order valence-electron chi connectivity index (χ1n) is 5.92. The molecular weight excluding hydrogens is 228 g/mol. The summed E-state index contributed by atoms with van der Waals surface area (Å²) in [5.74, 6) is -0.0515. The second-order valence-corrected chi connectivity index (χ2v) is 4.62. The molecule has 0 aliphatic heterocycles. The van der Waals surface area contributed by atoms with E-state index in [1.54, 1.807) is 6.33 Å². The number of rotatable bonds is 4. The van der Waals surface area contributed by atoms with Gasteiger partial charge in [0.05, 0.1) is 17.4 Å². The van der Waals surface area contributed by atoms with Gasteiger partial charge in [0.2, 0.25) is 0 Å². The van der Waals surface area contributed by atoms with Gasteiger partial charge in [0.25, 0.3) is 5.91 Å². The van der Waals surface area contributed by atoms with Crippen LogP contribution in [-0.2, 0) is 7.05 Å². The number of nitrogens with zero attached hydrogens (tertiary/aromatic N) is 3. The van der Waals surface area contributed by atoms with E-state index in [0.717, 1.165) is 17.6 Å². The molecule has 1 amide bonds. The molecule has 0 unspecified atom stereocenters. The first-order chi connectivity index (χ1) is 8.58. The third-order valence-corrected chi connectivity index (χ3v) is 2.83. The summed E-state index contributed by atoms with van der Waals surface area (Å²) in [7, 11) is 5.89. The van der Waals surface area contributed by atoms with Gasteiger partial charge in [0, 0.05) is 25.7 Å². The number of hydrogen-bond donors (Lipinski definition) is 1. The Bertz CT molecular complexity index is 559. The van der Waals surface area contributed by atoms with E-state index in [2.05, 4.69) is 10.3 Å². The maximum atomic E-state index is 11.9. The molecule has 2 rings (SSSR count). The molecule has 0 fully saturated rings. The molecule has 0 atom stereocenters. The summed E-state index contributed by atoms with van der Waals surface area (Å²) in [6.07, 6.45) is 1.75. The molecule has 1 heterocycles. The number of aromatic nitrogens is 2. The highest BCUT2D eigenvalue weighted by molar-refractivity contribution is 5.97. The molecule has 18 heavy (non-hydrogen) atoms. The van der Waals surface area contributed by atoms with Gasteiger partial charge in [-0.2, -0.15) is 0 Å². The molecule has 0 saturated heterocycles. The van der Waals surface area contributed by atoms with Gasteiger partial charge < -0.3 is 14.8 Å². The lowest BCUT2D eigenvalue weighted by atomic mass is 10.2. The maximum absolute atomic E-state index is 11.9. The zero-order valence-electron chi connectivity index (χ0n) is 11.0. The Kier molecular flexibility index (Phi) is 3.62. The fraction of sp³-hybridized carbons (Fsp3) is 0.385. The van der Waals surface area contributed by atoms with Crippen molar-refractivity contribution in [1.82, 2.24) is 19.8 Å². The summed E-state index contributed by atoms with van der Waals surface area (Å²) in [4.78, 5) is 18.2. The molecular formula is C13H18N4O. The quantitative estimate of drug-likeness (QED) is 0.870. The molecule has 2 aromatic rings. The Morgan fingerprint density at radius 1 is 1.44 bits per heavy atom. The number of hydrogen-bond acceptors (Lipinski definition) is 3. The number of aryl methyl sites for hydroxylation is 1. The van der Waals surface area contributed by atoms with Crippen molar-refractivity contribution in [2.45, 2.75) is 0 Å². The highest BCUT2D eigenvalue weighted by atomic mass is 16.1. The number of carbonyl (C=O) groups is 1. The summed E-state index contributed by atoms with van der Waals surface area (Å²) in [5, 5.41) is 2.89. The minimum atomic E-state index is -0.0515. The van der Waals surface area contributed by atoms with E-state index in [1.165, 1.54) is 0 Å². The highest BCUT2D eigenvalue weighted by Gasteiger charge is 2.07. The fourth-order valence-electron chi connectivity index (χ4n) is 1.77. The van der Waals surface area contributed by atoms with Crippen LogP contribution >= 0.6 is 0 Å². The van der Waals surface area contributed by atoms with Gasteiger partial charge in [0.15, 0.2) is 0 Å². The monoisotopic (exact) mass is 246 g/mol. The van der Waals surface area contributed by atoms with Crippen LogP contribution in [0.3, 0.4) is 0 Å². The third kappa shape index (κ3) is 2.68. The van der Waals surface area contributed by atoms with Crippen LogP contribution in [0.25, 0.3) is 11.0 Å². The van der Waals surface area contributed by atoms with Crippen LogP contribution in [0.1, 0.15) is 10.4 Å². The van der Waals surface area contributed by atoms with E-state index in [4.69, 9.17) is 0 Å². The number of imidazole rings is 1. The van der Waals surface area contributed by atoms with Crippen molar-refractivity contribution in [3.05, 3.63) is 30.1 Å². The number of fused-ring (bicyclic) bond motifs is 1. The highest BCUT2D eigenvalue weighted by Crippen LogP contribution is 2.13. The van der Waals surface area contributed by atoms with Crippen LogP contribution < -0.4 is 5.32 Å². The molecule has 0 bridgehead atoms. The molecule has 0 radical (unpaired) electrons. The predicted molar refractivity (Wildman–Crippen MR) is 71.6 cm³/mol. The van der Waals surface area contributed by atoms with Crippen molar-refractivity contribution in [3.63, 3.8) is 0 Å². The van der Waals surface area contributed by atoms with Crippen molar-refractivity contribution >= 4 is 16.9 Å². The SMILES string of the molecule is CN(C)CCNC(=O)c1ccc2c(c1)ncn2C. The van der Waals surface area contributed by atoms with Gasteiger partial charge in [-0.1, -0.05) is 0 Å². The van der Waals surface area contributed by atoms with E-state index in [-0.39, 0.29) is 5.91 Å². The Labute approximate surface area is 106 Å². The molecule has 1 N–H and O–H groups in total. The van der Waals surface area contributed by atoms with Crippen molar-refractivity contribution in [3.8, 4) is 0 Å². The van der Waals surface area contributed by atoms with Crippen molar-refractivity contribution in [2.75, 3.05) is 27.2 Å². The van der Waals surface area contributed by atoms with Crippen molar-refractivity contribution < 1.29 is 4.79 Å². The molecule has 0 aliphatic carbocycles. The molecule has 0 aliphatic rings. The van der Waals surface area contributed by atoms with Gasteiger partial charge in [-0.25, -0.2) is 4.98 Å². The van der Waals surface area contributed by atoms with E-state index < -0.39 is 0 Å². The predicted octanol–water partition coefficient (Wildman–Crippen LogP) is 0.865. The second kappa shape index (κ2) is 5.18. The van der Waals surface area contributed by atoms with Gasteiger partial charge >= 0.3 is 0 Å². The number of likely N-dealkylation sites (N-methyl/N-ethyl adjacent to an activating group) is 1. The van der Waals surface area contributed by atoms with Crippen LogP contribution in [0.4, 0.5) is 0 Å². The lowest BCUT2D eigenvalue weighted by molar-refractivity contribution is 0.0951. The van der Waals surface area contributed by atoms with Gasteiger partial charge in [-0.05, 0) is 32.3 Å². The first kappa shape index (κ1) is 12.6. The average Bonchev–Trinajstić information content (AvgIpc) is 2.70. The maximum Gasteiger partial charge on any atom is 0.251 e. The largest absolute Gasteiger partial charge is 0.351 e. The molecule has 0 saturated carbocycles. The number of carbonyl (C=O) groups excluding carboxylic acids is 1. The van der Waals surface area contributed by atoms with Crippen molar-refractivity contribution in [2.24, 2.45) is 7.05 Å². The van der Waals surface area contributed by atoms with Crippen LogP contribution in [0, 0.1) is 0 Å². The van der Waals surface area contributed by atoms with Gasteiger partial charge in [-0.3, -0.25) is 4.79 Å². The number of nitrogens with one attached hydrogen (secondary N) is 1. The van der Waals surface area contributed by atoms with E-state index in [9.17, 15) is 4.79 Å². The first-order valence-corrected chi connectivity index (χ1v) is 5.92. The summed E-state index contributed by atoms with van der Waals surface area (Å²) in [6, 6.07) is 5.57. The molecule has 5 heteroatoms. The molecule has 1 aromatic carbocycles. The Morgan fingerprint density at radius 3 is 2.94 bits per heavy atom. The van der Waals surface area contributed by atoms with Crippen LogP contribution in [0.5, 0.6) is 0 Å². The third-order valence-electron chi connectivity index (χ3n) is 2.83. The normalized spacial score (nSPS) is 11.1. The van der Waals surface area contributed by atoms with Gasteiger partial charge in [0.1, 0.15) is 0 Å². The Hall–Kier alpha value is -1.88. The summed E-state index contributed by atoms with van der Waals surface area (Å²) in [5.41, 5.74) is 2.53. The summed E-state index contributed by atoms with van der Waals surface area (Å²) in [6.45, 7) is 1.48. The summed E-state index contributed by atoms with van der Waals surface area (Å²) >= 11 is 0. The lowest BCUT2D eigenvalue weighted by Crippen LogP contribution is -2.31. The molecule has 5 nitrogen and oxygen atoms in total. The second-order valence-electron chi connectivity index (χ2n) is 4.62. The molecule has 96 valence electrons. The fourth-order valence-corrected chi connectivity index (χ4v) is 1.77. The summed E-state index contributed by atoms with van der Waals surface area (Å²) < 4.78 is 1.93. The molecule has 1 aromatic heterocycles. The van der Waals surface area contributed by atoms with E-state index in [0.29, 0.717) is 12.1 Å². The average molecular weight is 246 g/mol. The minimum Gasteiger partial charge on any atom is -0.351 e. The van der Waals surface area contributed by atoms with E-state index in [1.807, 2.05) is 48.8 Å². The smallest absolute Gasteiger partial charge is 0.251 e. The Morgan fingerprint density at radius 2 is 2.22 bits per heavy atom. The minimum absolute atomic E-state index is 0.0515. The van der Waals surface area contributed by atoms with Crippen molar-refractivity contribution in [1.29, 1.82) is 0 Å². The van der Waals surface area contributed by atoms with Crippen LogP contribution in [0.2, 0.25) is 0 Å². The number of benzene rings is 1. The lowest BCUT2D eigenvalue weighted by Gasteiger charge is -2.10. The topological polar surface area (TPSA) is 50.2 Å². The Balaban J connectivity index is 2.08. The standard InChI is InChI=1S/C13H18N4O/c1-16(2)7-6-14-13(18)10-4-5-12-11(8-10)15-9-17(12)3/h4-5,8-9H,6-7H2,1-3H3,(H,14,18). The zero-order chi connectivity index (χ0) is 13.1. The van der Waals surface area contributed by atoms with Crippen LogP contribution in [-0.4, -0.2) is 47.5 Å². The van der Waals surface area contributed by atoms with Crippen LogP contribution in [0.15, 0.2) is 24.5 Å². The van der Waals surface area contributed by atoms with Gasteiger partial charge in [-0.15, -0.1) is 0 Å². The van der Waals surface area contributed by atoms with E-state index >= 15 is 0 Å².